The first kappa shape index (κ1) is 8.23. The monoisotopic (exact) mass is 179 g/mol. The van der Waals surface area contributed by atoms with Crippen LogP contribution in [0.25, 0.3) is 0 Å². The zero-order valence-corrected chi connectivity index (χ0v) is 7.09. The molecule has 3 heteroatoms. The van der Waals surface area contributed by atoms with Gasteiger partial charge < -0.3 is 5.32 Å². The van der Waals surface area contributed by atoms with Crippen LogP contribution in [0.5, 0.6) is 0 Å². The van der Waals surface area contributed by atoms with E-state index in [1.54, 1.807) is 0 Å². The minimum absolute atomic E-state index is 0.196. The Labute approximate surface area is 75.8 Å². The smallest absolute Gasteiger partial charge is 0.255 e. The molecule has 0 spiro atoms. The van der Waals surface area contributed by atoms with Crippen LogP contribution in [0.3, 0.4) is 0 Å². The molecule has 1 amide bonds. The molecule has 0 saturated carbocycles. The topological polar surface area (TPSA) is 29.1 Å². The van der Waals surface area contributed by atoms with E-state index in [0.717, 1.165) is 11.1 Å². The Bertz CT molecular complexity index is 337. The van der Waals surface area contributed by atoms with E-state index in [2.05, 4.69) is 5.32 Å². The third-order valence-corrected chi connectivity index (χ3v) is 2.26. The van der Waals surface area contributed by atoms with Crippen LogP contribution >= 0.6 is 0 Å². The van der Waals surface area contributed by atoms with E-state index in [-0.39, 0.29) is 6.42 Å². The zero-order valence-electron chi connectivity index (χ0n) is 7.09. The summed E-state index contributed by atoms with van der Waals surface area (Å²) in [5.41, 5.74) is 1.93. The number of fused-ring (bicyclic) bond motifs is 1. The van der Waals surface area contributed by atoms with Crippen LogP contribution < -0.4 is 5.32 Å². The van der Waals surface area contributed by atoms with E-state index in [9.17, 15) is 9.18 Å². The highest BCUT2D eigenvalue weighted by Gasteiger charge is 2.22. The van der Waals surface area contributed by atoms with Gasteiger partial charge in [-0.05, 0) is 11.1 Å². The van der Waals surface area contributed by atoms with Crippen LogP contribution in [0.4, 0.5) is 4.39 Å². The highest BCUT2D eigenvalue weighted by molar-refractivity contribution is 5.81. The zero-order chi connectivity index (χ0) is 9.26. The third kappa shape index (κ3) is 1.54. The fraction of sp³-hybridized carbons (Fsp3) is 0.300. The van der Waals surface area contributed by atoms with Crippen molar-refractivity contribution in [2.24, 2.45) is 0 Å². The summed E-state index contributed by atoms with van der Waals surface area (Å²) in [6.07, 6.45) is -1.20. The highest BCUT2D eigenvalue weighted by atomic mass is 19.1. The number of alkyl halides is 1. The average molecular weight is 179 g/mol. The maximum absolute atomic E-state index is 13.1. The molecule has 13 heavy (non-hydrogen) atoms. The molecule has 1 aliphatic heterocycles. The molecule has 0 bridgehead atoms. The van der Waals surface area contributed by atoms with E-state index in [1.807, 2.05) is 24.3 Å². The normalized spacial score (nSPS) is 21.6. The Morgan fingerprint density at radius 2 is 2.00 bits per heavy atom. The molecule has 0 aromatic heterocycles. The lowest BCUT2D eigenvalue weighted by Crippen LogP contribution is -2.29. The first-order valence-electron chi connectivity index (χ1n) is 4.26. The molecule has 1 atom stereocenters. The molecular weight excluding hydrogens is 169 g/mol. The summed E-state index contributed by atoms with van der Waals surface area (Å²) in [4.78, 5) is 11.0. The van der Waals surface area contributed by atoms with Gasteiger partial charge in [-0.25, -0.2) is 4.39 Å². The Balaban J connectivity index is 2.35. The van der Waals surface area contributed by atoms with Crippen molar-refractivity contribution in [3.63, 3.8) is 0 Å². The maximum atomic E-state index is 13.1. The lowest BCUT2D eigenvalue weighted by molar-refractivity contribution is -0.125. The minimum atomic E-state index is -1.40. The van der Waals surface area contributed by atoms with Crippen LogP contribution in [0.1, 0.15) is 11.1 Å². The summed E-state index contributed by atoms with van der Waals surface area (Å²) in [7, 11) is 0. The number of hydrogen-bond donors (Lipinski definition) is 1. The predicted octanol–water partition coefficient (Wildman–Crippen LogP) is 1.20. The van der Waals surface area contributed by atoms with Gasteiger partial charge in [-0.15, -0.1) is 0 Å². The van der Waals surface area contributed by atoms with Crippen molar-refractivity contribution in [3.8, 4) is 0 Å². The fourth-order valence-corrected chi connectivity index (χ4v) is 1.51. The van der Waals surface area contributed by atoms with E-state index < -0.39 is 12.1 Å². The van der Waals surface area contributed by atoms with Gasteiger partial charge >= 0.3 is 0 Å². The van der Waals surface area contributed by atoms with Crippen molar-refractivity contribution in [1.82, 2.24) is 5.32 Å². The van der Waals surface area contributed by atoms with E-state index in [1.165, 1.54) is 0 Å². The summed E-state index contributed by atoms with van der Waals surface area (Å²) >= 11 is 0. The molecule has 0 fully saturated rings. The molecule has 1 aromatic rings. The van der Waals surface area contributed by atoms with Gasteiger partial charge in [-0.3, -0.25) is 4.79 Å². The largest absolute Gasteiger partial charge is 0.349 e. The Morgan fingerprint density at radius 1 is 1.31 bits per heavy atom. The third-order valence-electron chi connectivity index (χ3n) is 2.26. The summed E-state index contributed by atoms with van der Waals surface area (Å²) < 4.78 is 13.1. The van der Waals surface area contributed by atoms with Crippen molar-refractivity contribution in [3.05, 3.63) is 35.4 Å². The maximum Gasteiger partial charge on any atom is 0.255 e. The van der Waals surface area contributed by atoms with E-state index >= 15 is 0 Å². The average Bonchev–Trinajstić information content (AvgIpc) is 2.28. The fourth-order valence-electron chi connectivity index (χ4n) is 1.51. The Hall–Kier alpha value is -1.38. The molecular formula is C10H10FNO. The standard InChI is InChI=1S/C10H10FNO/c11-9-5-7-3-1-2-4-8(7)6-12-10(9)13/h1-4,9H,5-6H2,(H,12,13)/t9-/m1/s1. The van der Waals surface area contributed by atoms with Gasteiger partial charge in [0.1, 0.15) is 0 Å². The van der Waals surface area contributed by atoms with Crippen LogP contribution in [0, 0.1) is 0 Å². The van der Waals surface area contributed by atoms with Crippen LogP contribution in [0.2, 0.25) is 0 Å². The number of carbonyl (C=O) groups excluding carboxylic acids is 1. The quantitative estimate of drug-likeness (QED) is 0.637. The molecule has 0 radical (unpaired) electrons. The number of benzene rings is 1. The molecule has 0 aliphatic carbocycles. The van der Waals surface area contributed by atoms with E-state index in [0.29, 0.717) is 6.54 Å². The van der Waals surface area contributed by atoms with Gasteiger partial charge in [0.05, 0.1) is 0 Å². The van der Waals surface area contributed by atoms with Crippen LogP contribution in [0.15, 0.2) is 24.3 Å². The number of carbonyl (C=O) groups is 1. The summed E-state index contributed by atoms with van der Waals surface area (Å²) in [5.74, 6) is -0.504. The Kier molecular flexibility index (Phi) is 2.00. The molecule has 2 nitrogen and oxygen atoms in total. The summed E-state index contributed by atoms with van der Waals surface area (Å²) in [6, 6.07) is 7.53. The second-order valence-electron chi connectivity index (χ2n) is 3.16. The molecule has 68 valence electrons. The second-order valence-corrected chi connectivity index (χ2v) is 3.16. The summed E-state index contributed by atoms with van der Waals surface area (Å²) in [6.45, 7) is 0.440. The van der Waals surface area contributed by atoms with Crippen molar-refractivity contribution in [2.45, 2.75) is 19.1 Å². The number of rotatable bonds is 0. The predicted molar refractivity (Wildman–Crippen MR) is 46.9 cm³/mol. The Morgan fingerprint density at radius 3 is 2.77 bits per heavy atom. The van der Waals surface area contributed by atoms with Gasteiger partial charge in [-0.2, -0.15) is 0 Å². The van der Waals surface area contributed by atoms with Crippen LogP contribution in [-0.2, 0) is 17.8 Å². The highest BCUT2D eigenvalue weighted by Crippen LogP contribution is 2.15. The van der Waals surface area contributed by atoms with Crippen molar-refractivity contribution in [2.75, 3.05) is 0 Å². The first-order chi connectivity index (χ1) is 6.27. The lowest BCUT2D eigenvalue weighted by atomic mass is 10.0. The minimum Gasteiger partial charge on any atom is -0.349 e. The number of hydrogen-bond acceptors (Lipinski definition) is 1. The summed E-state index contributed by atoms with van der Waals surface area (Å²) in [5, 5.41) is 2.54. The number of amides is 1. The van der Waals surface area contributed by atoms with Crippen LogP contribution in [-0.4, -0.2) is 12.1 Å². The molecule has 1 N–H and O–H groups in total. The van der Waals surface area contributed by atoms with Gasteiger partial charge in [0, 0.05) is 13.0 Å². The first-order valence-corrected chi connectivity index (χ1v) is 4.26. The molecule has 1 aromatic carbocycles. The van der Waals surface area contributed by atoms with Gasteiger partial charge in [0.25, 0.3) is 5.91 Å². The van der Waals surface area contributed by atoms with Crippen molar-refractivity contribution in [1.29, 1.82) is 0 Å². The number of nitrogens with one attached hydrogen (secondary N) is 1. The molecule has 0 unspecified atom stereocenters. The van der Waals surface area contributed by atoms with Gasteiger partial charge in [-0.1, -0.05) is 24.3 Å². The molecule has 1 aliphatic rings. The van der Waals surface area contributed by atoms with Crippen molar-refractivity contribution < 1.29 is 9.18 Å². The van der Waals surface area contributed by atoms with Gasteiger partial charge in [0.2, 0.25) is 0 Å². The SMILES string of the molecule is O=C1NCc2ccccc2C[C@H]1F. The van der Waals surface area contributed by atoms with Gasteiger partial charge in [0.15, 0.2) is 6.17 Å². The second kappa shape index (κ2) is 3.17. The number of halogens is 1. The lowest BCUT2D eigenvalue weighted by Gasteiger charge is -2.02. The van der Waals surface area contributed by atoms with E-state index in [4.69, 9.17) is 0 Å². The molecule has 2 rings (SSSR count). The molecule has 0 saturated heterocycles. The molecule has 1 heterocycles. The van der Waals surface area contributed by atoms with Crippen molar-refractivity contribution >= 4 is 5.91 Å².